The number of alkyl halides is 1. The van der Waals surface area contributed by atoms with Crippen molar-refractivity contribution < 1.29 is 13.7 Å². The van der Waals surface area contributed by atoms with Gasteiger partial charge in [0.15, 0.2) is 0 Å². The third-order valence-electron chi connectivity index (χ3n) is 3.53. The number of carbonyl (C=O) groups is 1. The molecule has 1 aliphatic heterocycles. The number of likely N-dealkylation sites (tertiary alicyclic amines) is 1. The van der Waals surface area contributed by atoms with E-state index in [1.54, 1.807) is 24.1 Å². The Kier molecular flexibility index (Phi) is 2.93. The van der Waals surface area contributed by atoms with Crippen LogP contribution in [0, 0.1) is 0 Å². The Hall–Kier alpha value is -1.98. The van der Waals surface area contributed by atoms with Crippen molar-refractivity contribution in [3.63, 3.8) is 0 Å². The zero-order valence-electron chi connectivity index (χ0n) is 10.5. The lowest BCUT2D eigenvalue weighted by molar-refractivity contribution is -0.127. The van der Waals surface area contributed by atoms with Crippen molar-refractivity contribution in [2.45, 2.75) is 31.5 Å². The summed E-state index contributed by atoms with van der Waals surface area (Å²) in [7, 11) is 1.73. The normalized spacial score (nSPS) is 26.9. The molecule has 0 aromatic carbocycles. The van der Waals surface area contributed by atoms with Crippen LogP contribution in [0.15, 0.2) is 22.8 Å². The van der Waals surface area contributed by atoms with Crippen molar-refractivity contribution in [1.82, 2.24) is 15.0 Å². The summed E-state index contributed by atoms with van der Waals surface area (Å²) in [6.45, 7) is 0. The predicted octanol–water partition coefficient (Wildman–Crippen LogP) is 2.04. The summed E-state index contributed by atoms with van der Waals surface area (Å²) in [5.74, 6) is 0.979. The Bertz CT molecular complexity index is 564. The van der Waals surface area contributed by atoms with Crippen molar-refractivity contribution in [3.05, 3.63) is 29.9 Å². The third-order valence-corrected chi connectivity index (χ3v) is 3.53. The topological polar surface area (TPSA) is 59.2 Å². The Morgan fingerprint density at radius 3 is 3.00 bits per heavy atom. The molecule has 0 saturated carbocycles. The average Bonchev–Trinajstić information content (AvgIpc) is 2.99. The molecule has 1 fully saturated rings. The molecular weight excluding hydrogens is 249 g/mol. The van der Waals surface area contributed by atoms with E-state index in [1.807, 2.05) is 0 Å². The van der Waals surface area contributed by atoms with E-state index in [1.165, 1.54) is 6.08 Å². The van der Waals surface area contributed by atoms with E-state index in [9.17, 15) is 9.18 Å². The van der Waals surface area contributed by atoms with Crippen LogP contribution in [-0.4, -0.2) is 34.2 Å². The second-order valence-electron chi connectivity index (χ2n) is 4.79. The van der Waals surface area contributed by atoms with Gasteiger partial charge in [-0.3, -0.25) is 4.79 Å². The highest BCUT2D eigenvalue weighted by Crippen LogP contribution is 2.31. The molecule has 0 N–H and O–H groups in total. The van der Waals surface area contributed by atoms with Crippen LogP contribution in [0.5, 0.6) is 0 Å². The minimum Gasteiger partial charge on any atom is -0.337 e. The highest BCUT2D eigenvalue weighted by molar-refractivity contribution is 5.78. The van der Waals surface area contributed by atoms with Gasteiger partial charge < -0.3 is 9.42 Å². The maximum Gasteiger partial charge on any atom is 0.249 e. The highest BCUT2D eigenvalue weighted by Gasteiger charge is 2.33. The summed E-state index contributed by atoms with van der Waals surface area (Å²) in [6.07, 6.45) is 5.49. The molecule has 2 unspecified atom stereocenters. The number of aromatic nitrogens is 2. The Morgan fingerprint density at radius 1 is 1.53 bits per heavy atom. The van der Waals surface area contributed by atoms with Gasteiger partial charge in [0.05, 0.1) is 0 Å². The molecule has 1 aliphatic carbocycles. The number of hydrogen-bond donors (Lipinski definition) is 0. The summed E-state index contributed by atoms with van der Waals surface area (Å²) in [5, 5.41) is 3.90. The van der Waals surface area contributed by atoms with Gasteiger partial charge in [-0.25, -0.2) is 4.39 Å². The van der Waals surface area contributed by atoms with Gasteiger partial charge in [0.25, 0.3) is 0 Å². The smallest absolute Gasteiger partial charge is 0.249 e. The molecule has 3 rings (SSSR count). The molecule has 0 radical (unpaired) electrons. The van der Waals surface area contributed by atoms with E-state index in [4.69, 9.17) is 4.52 Å². The maximum atomic E-state index is 13.0. The Morgan fingerprint density at radius 2 is 2.37 bits per heavy atom. The van der Waals surface area contributed by atoms with E-state index in [-0.39, 0.29) is 11.9 Å². The monoisotopic (exact) mass is 263 g/mol. The van der Waals surface area contributed by atoms with Gasteiger partial charge in [0, 0.05) is 25.5 Å². The van der Waals surface area contributed by atoms with Crippen LogP contribution in [0.2, 0.25) is 0 Å². The van der Waals surface area contributed by atoms with E-state index in [0.29, 0.717) is 31.0 Å². The van der Waals surface area contributed by atoms with Crippen molar-refractivity contribution in [3.8, 4) is 0 Å². The van der Waals surface area contributed by atoms with E-state index in [2.05, 4.69) is 10.1 Å². The minimum atomic E-state index is -0.936. The second kappa shape index (κ2) is 4.60. The van der Waals surface area contributed by atoms with Gasteiger partial charge in [0.1, 0.15) is 12.2 Å². The molecular formula is C13H14FN3O2. The van der Waals surface area contributed by atoms with E-state index >= 15 is 0 Å². The summed E-state index contributed by atoms with van der Waals surface area (Å²) < 4.78 is 18.2. The van der Waals surface area contributed by atoms with Crippen LogP contribution in [0.4, 0.5) is 4.39 Å². The van der Waals surface area contributed by atoms with Crippen molar-refractivity contribution >= 4 is 11.5 Å². The number of allylic oxidation sites excluding steroid dienone is 4. The Labute approximate surface area is 109 Å². The van der Waals surface area contributed by atoms with Gasteiger partial charge in [0.2, 0.25) is 17.6 Å². The fourth-order valence-corrected chi connectivity index (χ4v) is 2.34. The number of nitrogens with zero attached hydrogens (tertiary/aromatic N) is 3. The Balaban J connectivity index is 1.81. The first-order valence-corrected chi connectivity index (χ1v) is 6.27. The molecule has 2 aliphatic rings. The SMILES string of the molecule is CN1C(=O)CCC1c1nc(C2=CCC(F)C=C2)no1. The van der Waals surface area contributed by atoms with Crippen molar-refractivity contribution in [2.75, 3.05) is 7.05 Å². The van der Waals surface area contributed by atoms with Gasteiger partial charge >= 0.3 is 0 Å². The van der Waals surface area contributed by atoms with E-state index in [0.717, 1.165) is 5.57 Å². The van der Waals surface area contributed by atoms with Gasteiger partial charge in [-0.2, -0.15) is 4.98 Å². The lowest BCUT2D eigenvalue weighted by Gasteiger charge is -2.15. The minimum absolute atomic E-state index is 0.0850. The molecule has 1 aromatic heterocycles. The third kappa shape index (κ3) is 2.18. The average molecular weight is 263 g/mol. The lowest BCUT2D eigenvalue weighted by Crippen LogP contribution is -2.22. The number of halogens is 1. The molecule has 100 valence electrons. The molecule has 1 amide bonds. The lowest BCUT2D eigenvalue weighted by atomic mass is 10.1. The zero-order chi connectivity index (χ0) is 13.4. The molecule has 2 atom stereocenters. The van der Waals surface area contributed by atoms with Crippen molar-refractivity contribution in [2.24, 2.45) is 0 Å². The molecule has 6 heteroatoms. The highest BCUT2D eigenvalue weighted by atomic mass is 19.1. The summed E-state index contributed by atoms with van der Waals surface area (Å²) in [4.78, 5) is 17.4. The first kappa shape index (κ1) is 12.1. The first-order chi connectivity index (χ1) is 9.15. The molecule has 2 heterocycles. The number of amides is 1. The van der Waals surface area contributed by atoms with Crippen LogP contribution < -0.4 is 0 Å². The van der Waals surface area contributed by atoms with Crippen LogP contribution in [0.3, 0.4) is 0 Å². The van der Waals surface area contributed by atoms with Gasteiger partial charge in [-0.1, -0.05) is 17.3 Å². The second-order valence-corrected chi connectivity index (χ2v) is 4.79. The summed E-state index contributed by atoms with van der Waals surface area (Å²) in [5.41, 5.74) is 0.760. The van der Waals surface area contributed by atoms with Gasteiger partial charge in [-0.15, -0.1) is 0 Å². The van der Waals surface area contributed by atoms with E-state index < -0.39 is 6.17 Å². The molecule has 1 saturated heterocycles. The van der Waals surface area contributed by atoms with Crippen molar-refractivity contribution in [1.29, 1.82) is 0 Å². The molecule has 5 nitrogen and oxygen atoms in total. The fourth-order valence-electron chi connectivity index (χ4n) is 2.34. The molecule has 0 spiro atoms. The van der Waals surface area contributed by atoms with Crippen LogP contribution in [-0.2, 0) is 4.79 Å². The quantitative estimate of drug-likeness (QED) is 0.819. The first-order valence-electron chi connectivity index (χ1n) is 6.27. The summed E-state index contributed by atoms with van der Waals surface area (Å²) >= 11 is 0. The van der Waals surface area contributed by atoms with Crippen LogP contribution >= 0.6 is 0 Å². The molecule has 1 aromatic rings. The molecule has 0 bridgehead atoms. The maximum absolute atomic E-state index is 13.0. The fraction of sp³-hybridized carbons (Fsp3) is 0.462. The van der Waals surface area contributed by atoms with Crippen LogP contribution in [0.25, 0.3) is 5.57 Å². The molecule has 19 heavy (non-hydrogen) atoms. The largest absolute Gasteiger partial charge is 0.337 e. The number of rotatable bonds is 2. The predicted molar refractivity (Wildman–Crippen MR) is 65.7 cm³/mol. The zero-order valence-corrected chi connectivity index (χ0v) is 10.5. The number of hydrogen-bond acceptors (Lipinski definition) is 4. The standard InChI is InChI=1S/C13H14FN3O2/c1-17-10(6-7-11(17)18)13-15-12(16-19-13)8-2-4-9(14)5-3-8/h2-4,9-10H,5-7H2,1H3. The number of carbonyl (C=O) groups excluding carboxylic acids is 1. The summed E-state index contributed by atoms with van der Waals surface area (Å²) in [6, 6.07) is -0.143. The van der Waals surface area contributed by atoms with Gasteiger partial charge in [-0.05, 0) is 12.5 Å². The van der Waals surface area contributed by atoms with Crippen LogP contribution in [0.1, 0.15) is 37.0 Å².